The van der Waals surface area contributed by atoms with Crippen molar-refractivity contribution >= 4 is 17.6 Å². The average Bonchev–Trinajstić information content (AvgIpc) is 3.52. The van der Waals surface area contributed by atoms with E-state index >= 15 is 0 Å². The van der Waals surface area contributed by atoms with Crippen LogP contribution in [0.1, 0.15) is 52.9 Å². The van der Waals surface area contributed by atoms with Crippen LogP contribution in [0.15, 0.2) is 11.6 Å². The van der Waals surface area contributed by atoms with Gasteiger partial charge in [0.1, 0.15) is 23.4 Å². The van der Waals surface area contributed by atoms with Gasteiger partial charge >= 0.3 is 5.97 Å². The zero-order chi connectivity index (χ0) is 19.9. The zero-order valence-corrected chi connectivity index (χ0v) is 17.4. The molecule has 1 N–H and O–H groups in total. The maximum Gasteiger partial charge on any atom is 0.306 e. The van der Waals surface area contributed by atoms with Gasteiger partial charge in [0.15, 0.2) is 5.60 Å². The van der Waals surface area contributed by atoms with Gasteiger partial charge < -0.3 is 24.1 Å². The van der Waals surface area contributed by atoms with Gasteiger partial charge in [0.2, 0.25) is 0 Å². The fourth-order valence-corrected chi connectivity index (χ4v) is 4.66. The quantitative estimate of drug-likeness (QED) is 0.291. The lowest BCUT2D eigenvalue weighted by Gasteiger charge is -2.49. The van der Waals surface area contributed by atoms with Crippen molar-refractivity contribution in [3.8, 4) is 0 Å². The van der Waals surface area contributed by atoms with Crippen molar-refractivity contribution in [3.63, 3.8) is 0 Å². The second-order valence-corrected chi connectivity index (χ2v) is 8.67. The van der Waals surface area contributed by atoms with Crippen molar-refractivity contribution in [1.29, 1.82) is 0 Å². The molecule has 2 aliphatic heterocycles. The molecule has 3 fully saturated rings. The van der Waals surface area contributed by atoms with E-state index in [-0.39, 0.29) is 18.5 Å². The molecule has 154 valence electrons. The van der Waals surface area contributed by atoms with E-state index in [4.69, 9.17) is 30.5 Å². The summed E-state index contributed by atoms with van der Waals surface area (Å²) in [6.07, 6.45) is 3.45. The number of halogens is 1. The van der Waals surface area contributed by atoms with Crippen LogP contribution >= 0.6 is 11.6 Å². The summed E-state index contributed by atoms with van der Waals surface area (Å²) in [6, 6.07) is 0. The maximum atomic E-state index is 12.1. The van der Waals surface area contributed by atoms with Crippen molar-refractivity contribution < 1.29 is 28.8 Å². The van der Waals surface area contributed by atoms with Gasteiger partial charge in [0, 0.05) is 19.4 Å². The summed E-state index contributed by atoms with van der Waals surface area (Å²) in [4.78, 5) is 12.1. The third-order valence-corrected chi connectivity index (χ3v) is 6.53. The highest BCUT2D eigenvalue weighted by Crippen LogP contribution is 2.62. The molecule has 2 heterocycles. The van der Waals surface area contributed by atoms with Crippen molar-refractivity contribution in [2.45, 2.75) is 88.0 Å². The lowest BCUT2D eigenvalue weighted by Crippen LogP contribution is -2.70. The summed E-state index contributed by atoms with van der Waals surface area (Å²) in [5, 5.41) is 11.9. The van der Waals surface area contributed by atoms with Crippen molar-refractivity contribution in [2.24, 2.45) is 0 Å². The molecule has 0 radical (unpaired) electrons. The first-order chi connectivity index (χ1) is 12.7. The van der Waals surface area contributed by atoms with Gasteiger partial charge in [-0.1, -0.05) is 11.6 Å². The fourth-order valence-electron chi connectivity index (χ4n) is 4.53. The van der Waals surface area contributed by atoms with Crippen LogP contribution in [0.3, 0.4) is 0 Å². The van der Waals surface area contributed by atoms with E-state index < -0.39 is 29.0 Å². The van der Waals surface area contributed by atoms with Gasteiger partial charge in [-0.2, -0.15) is 0 Å². The molecule has 0 aromatic rings. The number of epoxide rings is 2. The van der Waals surface area contributed by atoms with Crippen molar-refractivity contribution in [3.05, 3.63) is 11.6 Å². The summed E-state index contributed by atoms with van der Waals surface area (Å²) in [7, 11) is 1.54. The molecule has 0 aromatic heterocycles. The van der Waals surface area contributed by atoms with Gasteiger partial charge in [0.05, 0.1) is 12.7 Å². The molecule has 6 nitrogen and oxygen atoms in total. The number of alkyl halides is 1. The van der Waals surface area contributed by atoms with E-state index in [0.717, 1.165) is 0 Å². The highest BCUT2D eigenvalue weighted by Gasteiger charge is 2.81. The van der Waals surface area contributed by atoms with Crippen LogP contribution in [0.5, 0.6) is 0 Å². The predicted molar refractivity (Wildman–Crippen MR) is 101 cm³/mol. The molecule has 0 amide bonds. The van der Waals surface area contributed by atoms with Gasteiger partial charge in [-0.25, -0.2) is 0 Å². The second-order valence-electron chi connectivity index (χ2n) is 8.30. The van der Waals surface area contributed by atoms with Crippen molar-refractivity contribution in [1.82, 2.24) is 0 Å². The van der Waals surface area contributed by atoms with Crippen molar-refractivity contribution in [2.75, 3.05) is 19.6 Å². The first kappa shape index (κ1) is 21.1. The smallest absolute Gasteiger partial charge is 0.306 e. The minimum Gasteiger partial charge on any atom is -0.459 e. The first-order valence-corrected chi connectivity index (χ1v) is 10.2. The maximum absolute atomic E-state index is 12.1. The minimum absolute atomic E-state index is 0.123. The Labute approximate surface area is 166 Å². The molecule has 3 aliphatic rings. The highest BCUT2D eigenvalue weighted by molar-refractivity contribution is 6.17. The minimum atomic E-state index is -1.38. The van der Waals surface area contributed by atoms with Crippen LogP contribution in [0.2, 0.25) is 0 Å². The number of hydrogen-bond donors (Lipinski definition) is 1. The molecule has 7 heteroatoms. The van der Waals surface area contributed by atoms with Gasteiger partial charge in [-0.15, -0.1) is 11.6 Å². The Bertz CT molecular complexity index is 599. The molecule has 0 aromatic carbocycles. The molecule has 2 saturated heterocycles. The lowest BCUT2D eigenvalue weighted by molar-refractivity contribution is -0.231. The predicted octanol–water partition coefficient (Wildman–Crippen LogP) is 2.74. The Morgan fingerprint density at radius 1 is 1.41 bits per heavy atom. The molecular weight excluding hydrogens is 372 g/mol. The molecule has 6 atom stereocenters. The van der Waals surface area contributed by atoms with Crippen LogP contribution in [0, 0.1) is 0 Å². The van der Waals surface area contributed by atoms with Gasteiger partial charge in [-0.3, -0.25) is 4.79 Å². The number of ether oxygens (including phenoxy) is 4. The first-order valence-electron chi connectivity index (χ1n) is 9.70. The third kappa shape index (κ3) is 3.55. The van der Waals surface area contributed by atoms with E-state index in [0.29, 0.717) is 38.2 Å². The van der Waals surface area contributed by atoms with E-state index in [1.165, 1.54) is 12.7 Å². The number of methoxy groups -OCH3 is 1. The van der Waals surface area contributed by atoms with E-state index in [1.54, 1.807) is 0 Å². The number of allylic oxidation sites excluding steroid dienone is 1. The summed E-state index contributed by atoms with van der Waals surface area (Å²) in [6.45, 7) is 6.44. The molecule has 3 rings (SSSR count). The Kier molecular flexibility index (Phi) is 5.96. The summed E-state index contributed by atoms with van der Waals surface area (Å²) in [5.41, 5.74) is -1.68. The molecule has 1 saturated carbocycles. The lowest BCUT2D eigenvalue weighted by atomic mass is 9.64. The van der Waals surface area contributed by atoms with Gasteiger partial charge in [-0.05, 0) is 46.5 Å². The number of rotatable bonds is 8. The fraction of sp³-hybridized carbons (Fsp3) is 0.850. The monoisotopic (exact) mass is 402 g/mol. The van der Waals surface area contributed by atoms with E-state index in [9.17, 15) is 9.90 Å². The summed E-state index contributed by atoms with van der Waals surface area (Å²) in [5.74, 6) is 0.0902. The standard InChI is InChI=1S/C20H31ClO6/c1-13(2)7-8-15-18(3,27-15)20(23)17(24-4)14(9-10-19(20)12-25-19)26-16(22)6-5-11-21/h7,14-15,17,23H,5-6,8-12H2,1-4H3/t14-,15+,17-,18+,19+,20+/m1/s1. The van der Waals surface area contributed by atoms with Crippen LogP contribution in [-0.4, -0.2) is 65.8 Å². The van der Waals surface area contributed by atoms with Crippen LogP contribution < -0.4 is 0 Å². The Morgan fingerprint density at radius 2 is 2.11 bits per heavy atom. The molecular formula is C20H31ClO6. The van der Waals surface area contributed by atoms with Crippen LogP contribution in [0.25, 0.3) is 0 Å². The number of hydrogen-bond acceptors (Lipinski definition) is 6. The number of esters is 1. The highest BCUT2D eigenvalue weighted by atomic mass is 35.5. The summed E-state index contributed by atoms with van der Waals surface area (Å²) < 4.78 is 23.1. The average molecular weight is 403 g/mol. The number of carbonyl (C=O) groups is 1. The van der Waals surface area contributed by atoms with Crippen LogP contribution in [-0.2, 0) is 23.7 Å². The molecule has 1 aliphatic carbocycles. The third-order valence-electron chi connectivity index (χ3n) is 6.26. The van der Waals surface area contributed by atoms with E-state index in [2.05, 4.69) is 6.08 Å². The summed E-state index contributed by atoms with van der Waals surface area (Å²) >= 11 is 5.66. The van der Waals surface area contributed by atoms with E-state index in [1.807, 2.05) is 20.8 Å². The normalized spacial score (nSPS) is 42.7. The Balaban J connectivity index is 1.80. The molecule has 1 spiro atoms. The van der Waals surface area contributed by atoms with Gasteiger partial charge in [0.25, 0.3) is 0 Å². The Morgan fingerprint density at radius 3 is 2.67 bits per heavy atom. The number of carbonyl (C=O) groups excluding carboxylic acids is 1. The Hall–Kier alpha value is -0.660. The van der Waals surface area contributed by atoms with Crippen LogP contribution in [0.4, 0.5) is 0 Å². The molecule has 27 heavy (non-hydrogen) atoms. The molecule has 0 bridgehead atoms. The largest absolute Gasteiger partial charge is 0.459 e. The second kappa shape index (κ2) is 7.64. The topological polar surface area (TPSA) is 80.8 Å². The SMILES string of the molecule is CO[C@@H]1[C@H](OC(=O)CCCCl)CC[C@]2(CO2)[C@@]1(O)[C@@]1(C)O[C@H]1CC=C(C)C. The zero-order valence-electron chi connectivity index (χ0n) is 16.6. The number of aliphatic hydroxyl groups is 1. The molecule has 0 unspecified atom stereocenters.